The molecule has 0 heterocycles. The number of benzene rings is 2. The molecule has 0 fully saturated rings. The third kappa shape index (κ3) is 3.51. The largest absolute Gasteiger partial charge is 0.373 e. The van der Waals surface area contributed by atoms with E-state index >= 15 is 0 Å². The van der Waals surface area contributed by atoms with E-state index in [1.807, 2.05) is 6.92 Å². The van der Waals surface area contributed by atoms with Crippen LogP contribution in [0, 0.1) is 17.0 Å². The maximum atomic E-state index is 11.9. The third-order valence-electron chi connectivity index (χ3n) is 4.53. The number of nitro benzene ring substituents is 1. The smallest absolute Gasteiger partial charge is 0.310 e. The summed E-state index contributed by atoms with van der Waals surface area (Å²) < 4.78 is 23.8. The Morgan fingerprint density at radius 1 is 1.24 bits per heavy atom. The zero-order valence-electron chi connectivity index (χ0n) is 14.2. The summed E-state index contributed by atoms with van der Waals surface area (Å²) in [7, 11) is -3.69. The van der Waals surface area contributed by atoms with Crippen LogP contribution in [-0.2, 0) is 16.3 Å². The second-order valence-corrected chi connectivity index (χ2v) is 8.46. The Kier molecular flexibility index (Phi) is 4.51. The summed E-state index contributed by atoms with van der Waals surface area (Å²) in [5.41, 5.74) is 3.35. The van der Waals surface area contributed by atoms with Crippen molar-refractivity contribution in [2.45, 2.75) is 37.1 Å². The van der Waals surface area contributed by atoms with E-state index in [0.717, 1.165) is 36.6 Å². The molecule has 1 unspecified atom stereocenters. The molecule has 0 radical (unpaired) electrons. The highest BCUT2D eigenvalue weighted by atomic mass is 32.2. The van der Waals surface area contributed by atoms with Crippen molar-refractivity contribution in [2.75, 3.05) is 11.6 Å². The molecule has 1 aliphatic carbocycles. The molecule has 0 bridgehead atoms. The van der Waals surface area contributed by atoms with Crippen molar-refractivity contribution in [1.82, 2.24) is 0 Å². The molecule has 0 amide bonds. The summed E-state index contributed by atoms with van der Waals surface area (Å²) in [5.74, 6) is 0. The number of nitro groups is 1. The SMILES string of the molecule is Cc1ccc2c(c1)C(Nc1cccc(S(C)(=O)=O)c1[N+](=O)[O-])CCC2. The van der Waals surface area contributed by atoms with Gasteiger partial charge >= 0.3 is 5.69 Å². The number of para-hydroxylation sites is 1. The lowest BCUT2D eigenvalue weighted by molar-refractivity contribution is -0.386. The standard InChI is InChI=1S/C18H20N2O4S/c1-12-9-10-13-5-3-6-15(14(13)11-12)19-16-7-4-8-17(25(2,23)24)18(16)20(21)22/h4,7-11,15,19H,3,5-6H2,1-2H3. The minimum Gasteiger partial charge on any atom is -0.373 e. The number of rotatable bonds is 4. The highest BCUT2D eigenvalue weighted by Gasteiger charge is 2.28. The Labute approximate surface area is 147 Å². The average Bonchev–Trinajstić information content (AvgIpc) is 2.54. The van der Waals surface area contributed by atoms with Gasteiger partial charge < -0.3 is 5.32 Å². The van der Waals surface area contributed by atoms with Gasteiger partial charge in [0, 0.05) is 6.26 Å². The van der Waals surface area contributed by atoms with Crippen LogP contribution in [0.25, 0.3) is 0 Å². The molecule has 7 heteroatoms. The Bertz CT molecular complexity index is 938. The van der Waals surface area contributed by atoms with E-state index < -0.39 is 14.8 Å². The van der Waals surface area contributed by atoms with E-state index in [4.69, 9.17) is 0 Å². The highest BCUT2D eigenvalue weighted by molar-refractivity contribution is 7.90. The van der Waals surface area contributed by atoms with Gasteiger partial charge in [-0.1, -0.05) is 29.8 Å². The lowest BCUT2D eigenvalue weighted by Crippen LogP contribution is -2.18. The number of nitrogens with zero attached hydrogens (tertiary/aromatic N) is 1. The molecular formula is C18H20N2O4S. The van der Waals surface area contributed by atoms with E-state index in [2.05, 4.69) is 23.5 Å². The molecule has 1 aliphatic rings. The van der Waals surface area contributed by atoms with Crippen LogP contribution in [0.4, 0.5) is 11.4 Å². The fourth-order valence-electron chi connectivity index (χ4n) is 3.38. The molecule has 1 atom stereocenters. The minimum atomic E-state index is -3.69. The molecule has 132 valence electrons. The van der Waals surface area contributed by atoms with Gasteiger partial charge in [-0.05, 0) is 49.4 Å². The van der Waals surface area contributed by atoms with Gasteiger partial charge in [0.2, 0.25) is 0 Å². The molecule has 25 heavy (non-hydrogen) atoms. The van der Waals surface area contributed by atoms with Gasteiger partial charge in [-0.3, -0.25) is 10.1 Å². The average molecular weight is 360 g/mol. The number of hydrogen-bond donors (Lipinski definition) is 1. The topological polar surface area (TPSA) is 89.3 Å². The first-order valence-electron chi connectivity index (χ1n) is 8.11. The van der Waals surface area contributed by atoms with E-state index in [1.54, 1.807) is 6.07 Å². The van der Waals surface area contributed by atoms with Crippen molar-refractivity contribution < 1.29 is 13.3 Å². The van der Waals surface area contributed by atoms with Crippen LogP contribution in [0.5, 0.6) is 0 Å². The molecule has 1 N–H and O–H groups in total. The Hall–Kier alpha value is -2.41. The predicted molar refractivity (Wildman–Crippen MR) is 96.7 cm³/mol. The van der Waals surface area contributed by atoms with Crippen molar-refractivity contribution in [3.05, 3.63) is 63.2 Å². The first kappa shape index (κ1) is 17.4. The van der Waals surface area contributed by atoms with Crippen molar-refractivity contribution in [1.29, 1.82) is 0 Å². The fourth-order valence-corrected chi connectivity index (χ4v) is 4.24. The van der Waals surface area contributed by atoms with Gasteiger partial charge in [0.25, 0.3) is 0 Å². The molecule has 2 aromatic carbocycles. The van der Waals surface area contributed by atoms with Gasteiger partial charge in [-0.15, -0.1) is 0 Å². The quantitative estimate of drug-likeness (QED) is 0.662. The van der Waals surface area contributed by atoms with Gasteiger partial charge in [-0.2, -0.15) is 0 Å². The zero-order valence-corrected chi connectivity index (χ0v) is 15.0. The van der Waals surface area contributed by atoms with Crippen LogP contribution in [-0.4, -0.2) is 19.6 Å². The van der Waals surface area contributed by atoms with Gasteiger partial charge in [0.1, 0.15) is 10.6 Å². The van der Waals surface area contributed by atoms with E-state index in [0.29, 0.717) is 0 Å². The summed E-state index contributed by atoms with van der Waals surface area (Å²) in [6.07, 6.45) is 3.79. The van der Waals surface area contributed by atoms with Crippen molar-refractivity contribution in [3.63, 3.8) is 0 Å². The van der Waals surface area contributed by atoms with E-state index in [1.165, 1.54) is 17.7 Å². The van der Waals surface area contributed by atoms with Crippen LogP contribution in [0.2, 0.25) is 0 Å². The number of aryl methyl sites for hydroxylation is 2. The first-order valence-corrected chi connectivity index (χ1v) is 10.00. The molecule has 0 spiro atoms. The van der Waals surface area contributed by atoms with Gasteiger partial charge in [0.15, 0.2) is 9.84 Å². The van der Waals surface area contributed by atoms with Gasteiger partial charge in [-0.25, -0.2) is 8.42 Å². The molecular weight excluding hydrogens is 340 g/mol. The number of sulfone groups is 1. The normalized spacial score (nSPS) is 17.0. The van der Waals surface area contributed by atoms with Crippen molar-refractivity contribution in [2.24, 2.45) is 0 Å². The summed E-state index contributed by atoms with van der Waals surface area (Å²) >= 11 is 0. The van der Waals surface area contributed by atoms with Crippen LogP contribution in [0.3, 0.4) is 0 Å². The molecule has 0 aliphatic heterocycles. The molecule has 6 nitrogen and oxygen atoms in total. The van der Waals surface area contributed by atoms with Gasteiger partial charge in [0.05, 0.1) is 11.0 Å². The number of hydrogen-bond acceptors (Lipinski definition) is 5. The van der Waals surface area contributed by atoms with Crippen LogP contribution < -0.4 is 5.32 Å². The second-order valence-electron chi connectivity index (χ2n) is 6.47. The number of fused-ring (bicyclic) bond motifs is 1. The summed E-state index contributed by atoms with van der Waals surface area (Å²) in [4.78, 5) is 10.6. The van der Waals surface area contributed by atoms with Crippen molar-refractivity contribution in [3.8, 4) is 0 Å². The highest BCUT2D eigenvalue weighted by Crippen LogP contribution is 2.38. The van der Waals surface area contributed by atoms with Crippen LogP contribution in [0.1, 0.15) is 35.6 Å². The summed E-state index contributed by atoms with van der Waals surface area (Å²) in [5, 5.41) is 14.8. The van der Waals surface area contributed by atoms with Crippen molar-refractivity contribution >= 4 is 21.2 Å². The third-order valence-corrected chi connectivity index (χ3v) is 5.65. The monoisotopic (exact) mass is 360 g/mol. The first-order chi connectivity index (χ1) is 11.8. The van der Waals surface area contributed by atoms with Crippen LogP contribution in [0.15, 0.2) is 41.3 Å². The zero-order chi connectivity index (χ0) is 18.2. The lowest BCUT2D eigenvalue weighted by Gasteiger charge is -2.27. The summed E-state index contributed by atoms with van der Waals surface area (Å²) in [6, 6.07) is 10.6. The second kappa shape index (κ2) is 6.48. The van der Waals surface area contributed by atoms with E-state index in [9.17, 15) is 18.5 Å². The Morgan fingerprint density at radius 3 is 2.68 bits per heavy atom. The molecule has 3 rings (SSSR count). The minimum absolute atomic E-state index is 0.0721. The number of nitrogens with one attached hydrogen (secondary N) is 1. The molecule has 0 saturated heterocycles. The fraction of sp³-hybridized carbons (Fsp3) is 0.333. The lowest BCUT2D eigenvalue weighted by atomic mass is 9.86. The number of anilines is 1. The summed E-state index contributed by atoms with van der Waals surface area (Å²) in [6.45, 7) is 2.01. The molecule has 0 aromatic heterocycles. The maximum Gasteiger partial charge on any atom is 0.310 e. The molecule has 2 aromatic rings. The predicted octanol–water partition coefficient (Wildman–Crippen LogP) is 3.80. The van der Waals surface area contributed by atoms with Crippen LogP contribution >= 0.6 is 0 Å². The Balaban J connectivity index is 2.06. The maximum absolute atomic E-state index is 11.9. The molecule has 0 saturated carbocycles. The Morgan fingerprint density at radius 2 is 2.00 bits per heavy atom. The van der Waals surface area contributed by atoms with E-state index in [-0.39, 0.29) is 22.3 Å².